The highest BCUT2D eigenvalue weighted by Gasteiger charge is 2.16. The van der Waals surface area contributed by atoms with Crippen molar-refractivity contribution in [3.05, 3.63) is 42.1 Å². The highest BCUT2D eigenvalue weighted by atomic mass is 16.7. The standard InChI is InChI=1S/C19H15N3O4/c1-23-16-6-13-14(7-17(16)24-2)21-9-11(8-20)19(13)22-12-3-4-15-18(5-12)26-10-25-15/h3-7,9H,10H2,1-2H3,(H,21,22). The van der Waals surface area contributed by atoms with Gasteiger partial charge >= 0.3 is 0 Å². The number of anilines is 2. The molecule has 0 radical (unpaired) electrons. The first-order valence-electron chi connectivity index (χ1n) is 7.85. The third-order valence-electron chi connectivity index (χ3n) is 4.14. The molecule has 0 saturated heterocycles. The minimum absolute atomic E-state index is 0.206. The van der Waals surface area contributed by atoms with E-state index < -0.39 is 0 Å². The van der Waals surface area contributed by atoms with Gasteiger partial charge in [-0.25, -0.2) is 0 Å². The van der Waals surface area contributed by atoms with Crippen LogP contribution >= 0.6 is 0 Å². The first-order chi connectivity index (χ1) is 12.7. The number of nitrogens with one attached hydrogen (secondary N) is 1. The summed E-state index contributed by atoms with van der Waals surface area (Å²) in [5.41, 5.74) is 2.51. The van der Waals surface area contributed by atoms with Gasteiger partial charge in [-0.2, -0.15) is 5.26 Å². The van der Waals surface area contributed by atoms with Gasteiger partial charge in [0.2, 0.25) is 6.79 Å². The molecule has 7 nitrogen and oxygen atoms in total. The number of aromatic nitrogens is 1. The maximum Gasteiger partial charge on any atom is 0.231 e. The zero-order valence-corrected chi connectivity index (χ0v) is 14.2. The Morgan fingerprint density at radius 2 is 1.85 bits per heavy atom. The molecule has 1 aliphatic heterocycles. The number of hydrogen-bond acceptors (Lipinski definition) is 7. The van der Waals surface area contributed by atoms with Crippen LogP contribution in [0.25, 0.3) is 10.9 Å². The number of methoxy groups -OCH3 is 2. The SMILES string of the molecule is COc1cc2ncc(C#N)c(Nc3ccc4c(c3)OCO4)c2cc1OC. The van der Waals surface area contributed by atoms with Crippen LogP contribution in [0, 0.1) is 11.3 Å². The summed E-state index contributed by atoms with van der Waals surface area (Å²) in [6, 6.07) is 11.3. The van der Waals surface area contributed by atoms with Crippen molar-refractivity contribution in [2.75, 3.05) is 26.3 Å². The number of nitriles is 1. The minimum Gasteiger partial charge on any atom is -0.493 e. The van der Waals surface area contributed by atoms with Crippen molar-refractivity contribution >= 4 is 22.3 Å². The molecule has 2 heterocycles. The summed E-state index contributed by atoms with van der Waals surface area (Å²) in [6.45, 7) is 0.206. The van der Waals surface area contributed by atoms with Gasteiger partial charge in [0.15, 0.2) is 23.0 Å². The van der Waals surface area contributed by atoms with Crippen LogP contribution in [0.4, 0.5) is 11.4 Å². The summed E-state index contributed by atoms with van der Waals surface area (Å²) in [5, 5.41) is 13.5. The van der Waals surface area contributed by atoms with E-state index in [9.17, 15) is 5.26 Å². The quantitative estimate of drug-likeness (QED) is 0.770. The molecule has 3 aromatic rings. The number of rotatable bonds is 4. The molecule has 7 heteroatoms. The van der Waals surface area contributed by atoms with Gasteiger partial charge in [0, 0.05) is 29.4 Å². The molecule has 0 amide bonds. The molecule has 0 atom stereocenters. The Labute approximate surface area is 149 Å². The number of ether oxygens (including phenoxy) is 4. The van der Waals surface area contributed by atoms with Crippen molar-refractivity contribution in [1.29, 1.82) is 5.26 Å². The minimum atomic E-state index is 0.206. The van der Waals surface area contributed by atoms with Crippen molar-refractivity contribution in [2.45, 2.75) is 0 Å². The van der Waals surface area contributed by atoms with Gasteiger partial charge in [-0.05, 0) is 18.2 Å². The molecule has 0 unspecified atom stereocenters. The number of nitrogens with zero attached hydrogens (tertiary/aromatic N) is 2. The van der Waals surface area contributed by atoms with Crippen molar-refractivity contribution in [1.82, 2.24) is 4.98 Å². The normalized spacial score (nSPS) is 11.9. The lowest BCUT2D eigenvalue weighted by molar-refractivity contribution is 0.174. The van der Waals surface area contributed by atoms with Gasteiger partial charge in [0.05, 0.1) is 31.0 Å². The molecule has 1 aliphatic rings. The fourth-order valence-corrected chi connectivity index (χ4v) is 2.86. The average molecular weight is 349 g/mol. The molecule has 1 aromatic heterocycles. The molecule has 0 bridgehead atoms. The second-order valence-corrected chi connectivity index (χ2v) is 5.58. The summed E-state index contributed by atoms with van der Waals surface area (Å²) in [7, 11) is 3.13. The van der Waals surface area contributed by atoms with E-state index in [4.69, 9.17) is 18.9 Å². The Morgan fingerprint density at radius 1 is 1.08 bits per heavy atom. The van der Waals surface area contributed by atoms with Crippen LogP contribution in [0.2, 0.25) is 0 Å². The van der Waals surface area contributed by atoms with Crippen LogP contribution in [-0.4, -0.2) is 26.0 Å². The average Bonchev–Trinajstić information content (AvgIpc) is 3.15. The first kappa shape index (κ1) is 15.8. The molecule has 2 aromatic carbocycles. The molecule has 1 N–H and O–H groups in total. The van der Waals surface area contributed by atoms with Crippen LogP contribution in [0.1, 0.15) is 5.56 Å². The highest BCUT2D eigenvalue weighted by molar-refractivity contribution is 5.97. The summed E-state index contributed by atoms with van der Waals surface area (Å²) in [4.78, 5) is 4.35. The van der Waals surface area contributed by atoms with Crippen LogP contribution in [0.5, 0.6) is 23.0 Å². The maximum absolute atomic E-state index is 9.51. The lowest BCUT2D eigenvalue weighted by atomic mass is 10.1. The van der Waals surface area contributed by atoms with E-state index in [1.54, 1.807) is 26.4 Å². The fourth-order valence-electron chi connectivity index (χ4n) is 2.86. The Hall–Kier alpha value is -3.66. The summed E-state index contributed by atoms with van der Waals surface area (Å²) in [5.74, 6) is 2.49. The number of benzene rings is 2. The number of pyridine rings is 1. The largest absolute Gasteiger partial charge is 0.493 e. The van der Waals surface area contributed by atoms with Gasteiger partial charge in [-0.1, -0.05) is 0 Å². The maximum atomic E-state index is 9.51. The molecule has 0 spiro atoms. The van der Waals surface area contributed by atoms with Gasteiger partial charge in [0.25, 0.3) is 0 Å². The second kappa shape index (κ2) is 6.33. The third kappa shape index (κ3) is 2.58. The molecular formula is C19H15N3O4. The van der Waals surface area contributed by atoms with E-state index in [1.807, 2.05) is 18.2 Å². The Morgan fingerprint density at radius 3 is 2.62 bits per heavy atom. The van der Waals surface area contributed by atoms with Crippen molar-refractivity contribution in [3.63, 3.8) is 0 Å². The van der Waals surface area contributed by atoms with Crippen LogP contribution in [0.15, 0.2) is 36.5 Å². The van der Waals surface area contributed by atoms with E-state index in [1.165, 1.54) is 6.20 Å². The topological polar surface area (TPSA) is 85.6 Å². The number of hydrogen-bond donors (Lipinski definition) is 1. The summed E-state index contributed by atoms with van der Waals surface area (Å²) in [6.07, 6.45) is 1.53. The summed E-state index contributed by atoms with van der Waals surface area (Å²) >= 11 is 0. The van der Waals surface area contributed by atoms with Gasteiger partial charge in [-0.15, -0.1) is 0 Å². The zero-order valence-electron chi connectivity index (χ0n) is 14.2. The van der Waals surface area contributed by atoms with Crippen molar-refractivity contribution in [3.8, 4) is 29.1 Å². The molecule has 0 aliphatic carbocycles. The molecule has 130 valence electrons. The van der Waals surface area contributed by atoms with Crippen LogP contribution < -0.4 is 24.3 Å². The predicted octanol–water partition coefficient (Wildman–Crippen LogP) is 3.60. The predicted molar refractivity (Wildman–Crippen MR) is 95.4 cm³/mol. The lowest BCUT2D eigenvalue weighted by Crippen LogP contribution is -1.98. The van der Waals surface area contributed by atoms with Gasteiger partial charge in [-0.3, -0.25) is 4.98 Å². The van der Waals surface area contributed by atoms with E-state index in [0.717, 1.165) is 11.1 Å². The van der Waals surface area contributed by atoms with Crippen molar-refractivity contribution < 1.29 is 18.9 Å². The Balaban J connectivity index is 1.85. The molecule has 26 heavy (non-hydrogen) atoms. The van der Waals surface area contributed by atoms with Gasteiger partial charge < -0.3 is 24.3 Å². The van der Waals surface area contributed by atoms with Crippen molar-refractivity contribution in [2.24, 2.45) is 0 Å². The molecular weight excluding hydrogens is 334 g/mol. The van der Waals surface area contributed by atoms with Crippen LogP contribution in [-0.2, 0) is 0 Å². The monoisotopic (exact) mass is 349 g/mol. The van der Waals surface area contributed by atoms with E-state index >= 15 is 0 Å². The van der Waals surface area contributed by atoms with E-state index in [0.29, 0.717) is 39.8 Å². The fraction of sp³-hybridized carbons (Fsp3) is 0.158. The number of fused-ring (bicyclic) bond motifs is 2. The zero-order chi connectivity index (χ0) is 18.1. The third-order valence-corrected chi connectivity index (χ3v) is 4.14. The second-order valence-electron chi connectivity index (χ2n) is 5.58. The van der Waals surface area contributed by atoms with E-state index in [-0.39, 0.29) is 6.79 Å². The Bertz CT molecular complexity index is 1040. The van der Waals surface area contributed by atoms with E-state index in [2.05, 4.69) is 16.4 Å². The lowest BCUT2D eigenvalue weighted by Gasteiger charge is -2.14. The molecule has 4 rings (SSSR count). The summed E-state index contributed by atoms with van der Waals surface area (Å²) < 4.78 is 21.5. The molecule has 0 fully saturated rings. The Kier molecular flexibility index (Phi) is 3.86. The molecule has 0 saturated carbocycles. The smallest absolute Gasteiger partial charge is 0.231 e. The van der Waals surface area contributed by atoms with Crippen LogP contribution in [0.3, 0.4) is 0 Å². The highest BCUT2D eigenvalue weighted by Crippen LogP contribution is 2.39. The first-order valence-corrected chi connectivity index (χ1v) is 7.85. The van der Waals surface area contributed by atoms with Gasteiger partial charge in [0.1, 0.15) is 6.07 Å².